The number of rotatable bonds is 4. The number of methoxy groups -OCH3 is 2. The molecule has 1 fully saturated rings. The van der Waals surface area contributed by atoms with E-state index < -0.39 is 6.04 Å². The lowest BCUT2D eigenvalue weighted by molar-refractivity contribution is -0.140. The summed E-state index contributed by atoms with van der Waals surface area (Å²) in [7, 11) is 3.19. The molecule has 0 spiro atoms. The molecule has 1 atom stereocenters. The summed E-state index contributed by atoms with van der Waals surface area (Å²) < 4.78 is 22.1. The fourth-order valence-electron chi connectivity index (χ4n) is 5.22. The van der Waals surface area contributed by atoms with Crippen LogP contribution in [0.4, 0.5) is 0 Å². The first-order valence-corrected chi connectivity index (χ1v) is 11.6. The van der Waals surface area contributed by atoms with Gasteiger partial charge in [0.05, 0.1) is 25.8 Å². The summed E-state index contributed by atoms with van der Waals surface area (Å²) in [5.41, 5.74) is 2.89. The van der Waals surface area contributed by atoms with Gasteiger partial charge in [0.15, 0.2) is 23.0 Å². The van der Waals surface area contributed by atoms with Gasteiger partial charge in [-0.15, -0.1) is 0 Å². The minimum atomic E-state index is -0.518. The van der Waals surface area contributed by atoms with Crippen molar-refractivity contribution in [2.75, 3.05) is 27.6 Å². The molecule has 1 aliphatic carbocycles. The van der Waals surface area contributed by atoms with E-state index in [0.717, 1.165) is 35.8 Å². The van der Waals surface area contributed by atoms with Gasteiger partial charge >= 0.3 is 0 Å². The van der Waals surface area contributed by atoms with E-state index in [9.17, 15) is 9.59 Å². The molecule has 2 aromatic carbocycles. The van der Waals surface area contributed by atoms with Crippen molar-refractivity contribution in [3.8, 4) is 23.0 Å². The molecule has 8 heteroatoms. The second-order valence-electron chi connectivity index (χ2n) is 9.06. The molecule has 0 unspecified atom stereocenters. The highest BCUT2D eigenvalue weighted by Crippen LogP contribution is 2.43. The Labute approximate surface area is 196 Å². The number of hydrogen-bond acceptors (Lipinski definition) is 6. The van der Waals surface area contributed by atoms with Crippen molar-refractivity contribution < 1.29 is 23.7 Å². The van der Waals surface area contributed by atoms with Crippen molar-refractivity contribution in [1.29, 1.82) is 0 Å². The number of benzene rings is 2. The fraction of sp³-hybridized carbons (Fsp3) is 0.385. The standard InChI is InChI=1S/C26H26N2O6/c1-31-20-9-15-6-7-28(26(30)14-4-3-5-14)24(17(15)11-21(20)32-2)18-8-16-10-22-23(34-13-33-22)12-19(16)27-25(18)29/h8-12,14,24H,3-7,13H2,1-2H3,(H,27,29)/t24-/m0/s1. The van der Waals surface area contributed by atoms with E-state index in [4.69, 9.17) is 18.9 Å². The molecule has 2 aliphatic heterocycles. The van der Waals surface area contributed by atoms with Gasteiger partial charge in [-0.05, 0) is 54.7 Å². The van der Waals surface area contributed by atoms with Crippen molar-refractivity contribution >= 4 is 16.8 Å². The monoisotopic (exact) mass is 462 g/mol. The second-order valence-corrected chi connectivity index (χ2v) is 9.06. The van der Waals surface area contributed by atoms with Crippen molar-refractivity contribution in [3.05, 3.63) is 57.4 Å². The molecule has 0 bridgehead atoms. The van der Waals surface area contributed by atoms with Crippen LogP contribution in [0.15, 0.2) is 35.1 Å². The molecule has 0 saturated heterocycles. The molecule has 176 valence electrons. The lowest BCUT2D eigenvalue weighted by atomic mass is 9.81. The minimum Gasteiger partial charge on any atom is -0.493 e. The highest BCUT2D eigenvalue weighted by Gasteiger charge is 2.39. The Kier molecular flexibility index (Phi) is 4.90. The smallest absolute Gasteiger partial charge is 0.254 e. The average Bonchev–Trinajstić information content (AvgIpc) is 3.26. The molecule has 3 heterocycles. The van der Waals surface area contributed by atoms with E-state index in [0.29, 0.717) is 47.0 Å². The van der Waals surface area contributed by atoms with Crippen molar-refractivity contribution in [2.24, 2.45) is 5.92 Å². The number of amides is 1. The Balaban J connectivity index is 1.54. The van der Waals surface area contributed by atoms with E-state index in [1.54, 1.807) is 20.3 Å². The zero-order chi connectivity index (χ0) is 23.4. The van der Waals surface area contributed by atoms with Crippen LogP contribution < -0.4 is 24.5 Å². The van der Waals surface area contributed by atoms with Gasteiger partial charge in [0.25, 0.3) is 5.56 Å². The number of carbonyl (C=O) groups is 1. The summed E-state index contributed by atoms with van der Waals surface area (Å²) in [5.74, 6) is 2.60. The van der Waals surface area contributed by atoms with Crippen LogP contribution in [-0.2, 0) is 11.2 Å². The number of H-pyrrole nitrogens is 1. The number of pyridine rings is 1. The number of aromatic nitrogens is 1. The third kappa shape index (κ3) is 3.20. The lowest BCUT2D eigenvalue weighted by Crippen LogP contribution is -2.46. The predicted molar refractivity (Wildman–Crippen MR) is 125 cm³/mol. The molecular weight excluding hydrogens is 436 g/mol. The maximum absolute atomic E-state index is 13.5. The van der Waals surface area contributed by atoms with Crippen LogP contribution in [-0.4, -0.2) is 43.3 Å². The maximum atomic E-state index is 13.5. The highest BCUT2D eigenvalue weighted by molar-refractivity contribution is 5.84. The van der Waals surface area contributed by atoms with Gasteiger partial charge in [-0.2, -0.15) is 0 Å². The minimum absolute atomic E-state index is 0.0255. The van der Waals surface area contributed by atoms with E-state index in [2.05, 4.69) is 4.98 Å². The third-order valence-electron chi connectivity index (χ3n) is 7.27. The predicted octanol–water partition coefficient (Wildman–Crippen LogP) is 3.55. The highest BCUT2D eigenvalue weighted by atomic mass is 16.7. The van der Waals surface area contributed by atoms with Crippen molar-refractivity contribution in [3.63, 3.8) is 0 Å². The number of fused-ring (bicyclic) bond motifs is 3. The molecule has 1 N–H and O–H groups in total. The van der Waals surface area contributed by atoms with Crippen LogP contribution in [0, 0.1) is 5.92 Å². The summed E-state index contributed by atoms with van der Waals surface area (Å²) in [6.45, 7) is 0.700. The molecular formula is C26H26N2O6. The number of carbonyl (C=O) groups excluding carboxylic acids is 1. The maximum Gasteiger partial charge on any atom is 0.254 e. The summed E-state index contributed by atoms with van der Waals surface area (Å²) in [4.78, 5) is 31.8. The van der Waals surface area contributed by atoms with Gasteiger partial charge in [-0.3, -0.25) is 9.59 Å². The Morgan fingerprint density at radius 2 is 1.74 bits per heavy atom. The summed E-state index contributed by atoms with van der Waals surface area (Å²) in [5, 5.41) is 0.822. The molecule has 1 amide bonds. The third-order valence-corrected chi connectivity index (χ3v) is 7.27. The number of aromatic amines is 1. The van der Waals surface area contributed by atoms with Gasteiger partial charge in [0.2, 0.25) is 12.7 Å². The summed E-state index contributed by atoms with van der Waals surface area (Å²) >= 11 is 0. The molecule has 34 heavy (non-hydrogen) atoms. The molecule has 6 rings (SSSR count). The van der Waals surface area contributed by atoms with Gasteiger partial charge in [-0.1, -0.05) is 6.42 Å². The quantitative estimate of drug-likeness (QED) is 0.638. The normalized spacial score (nSPS) is 19.0. The Hall–Kier alpha value is -3.68. The first-order chi connectivity index (χ1) is 16.6. The SMILES string of the molecule is COc1cc2c(cc1OC)[C@@H](c1cc3cc4c(cc3[nH]c1=O)OCO4)N(C(=O)C1CCC1)CC2. The zero-order valence-corrected chi connectivity index (χ0v) is 19.2. The largest absolute Gasteiger partial charge is 0.493 e. The molecule has 1 saturated carbocycles. The van der Waals surface area contributed by atoms with Crippen LogP contribution >= 0.6 is 0 Å². The number of nitrogens with zero attached hydrogens (tertiary/aromatic N) is 1. The van der Waals surface area contributed by atoms with Crippen molar-refractivity contribution in [1.82, 2.24) is 9.88 Å². The van der Waals surface area contributed by atoms with Crippen LogP contribution in [0.5, 0.6) is 23.0 Å². The van der Waals surface area contributed by atoms with Gasteiger partial charge < -0.3 is 28.8 Å². The molecule has 0 radical (unpaired) electrons. The van der Waals surface area contributed by atoms with Crippen LogP contribution in [0.3, 0.4) is 0 Å². The fourth-order valence-corrected chi connectivity index (χ4v) is 5.22. The average molecular weight is 463 g/mol. The molecule has 3 aromatic rings. The van der Waals surface area contributed by atoms with Gasteiger partial charge in [0, 0.05) is 29.5 Å². The van der Waals surface area contributed by atoms with E-state index in [1.165, 1.54) is 0 Å². The first-order valence-electron chi connectivity index (χ1n) is 11.6. The van der Waals surface area contributed by atoms with E-state index >= 15 is 0 Å². The zero-order valence-electron chi connectivity index (χ0n) is 19.2. The lowest BCUT2D eigenvalue weighted by Gasteiger charge is -2.41. The first kappa shape index (κ1) is 20.9. The van der Waals surface area contributed by atoms with Crippen LogP contribution in [0.2, 0.25) is 0 Å². The van der Waals surface area contributed by atoms with Crippen molar-refractivity contribution in [2.45, 2.75) is 31.7 Å². The van der Waals surface area contributed by atoms with Gasteiger partial charge in [-0.25, -0.2) is 0 Å². The van der Waals surface area contributed by atoms with Crippen LogP contribution in [0.1, 0.15) is 42.0 Å². The molecule has 8 nitrogen and oxygen atoms in total. The van der Waals surface area contributed by atoms with E-state index in [1.807, 2.05) is 29.2 Å². The summed E-state index contributed by atoms with van der Waals surface area (Å²) in [6, 6.07) is 8.86. The Morgan fingerprint density at radius 1 is 1.00 bits per heavy atom. The Morgan fingerprint density at radius 3 is 2.44 bits per heavy atom. The van der Waals surface area contributed by atoms with E-state index in [-0.39, 0.29) is 24.2 Å². The number of nitrogens with one attached hydrogen (secondary N) is 1. The van der Waals surface area contributed by atoms with Crippen LogP contribution in [0.25, 0.3) is 10.9 Å². The number of ether oxygens (including phenoxy) is 4. The Bertz CT molecular complexity index is 1360. The second kappa shape index (κ2) is 7.97. The topological polar surface area (TPSA) is 90.1 Å². The summed E-state index contributed by atoms with van der Waals surface area (Å²) in [6.07, 6.45) is 3.56. The van der Waals surface area contributed by atoms with Gasteiger partial charge in [0.1, 0.15) is 0 Å². The molecule has 3 aliphatic rings. The molecule has 1 aromatic heterocycles. The number of hydrogen-bond donors (Lipinski definition) is 1.